The number of Topliss-reactive ketones (excluding diaryl/α,β-unsaturated/α-hetero) is 1. The Kier molecular flexibility index (Phi) is 5.30. The third-order valence-corrected chi connectivity index (χ3v) is 11.7. The van der Waals surface area contributed by atoms with Crippen molar-refractivity contribution in [3.63, 3.8) is 0 Å². The summed E-state index contributed by atoms with van der Waals surface area (Å²) in [5, 5.41) is 0. The molecule has 1 nitrogen and oxygen atoms in total. The number of hydrogen-bond acceptors (Lipinski definition) is 1. The second-order valence-electron chi connectivity index (χ2n) is 13.1. The molecule has 6 atom stereocenters. The number of fused-ring (bicyclic) bond motifs is 4. The quantitative estimate of drug-likeness (QED) is 0.428. The van der Waals surface area contributed by atoms with Crippen molar-refractivity contribution in [1.82, 2.24) is 0 Å². The van der Waals surface area contributed by atoms with Gasteiger partial charge in [0, 0.05) is 12.8 Å². The molecule has 1 heteroatoms. The van der Waals surface area contributed by atoms with Gasteiger partial charge in [-0.1, -0.05) is 70.9 Å². The number of carbonyl (C=O) groups excluding carboxylic acids is 1. The molecule has 0 bridgehead atoms. The number of ketones is 1. The van der Waals surface area contributed by atoms with E-state index in [0.717, 1.165) is 42.9 Å². The Morgan fingerprint density at radius 1 is 0.900 bits per heavy atom. The predicted octanol–water partition coefficient (Wildman–Crippen LogP) is 8.28. The van der Waals surface area contributed by atoms with E-state index in [1.807, 2.05) is 11.1 Å². The zero-order valence-electron chi connectivity index (χ0n) is 20.3. The maximum atomic E-state index is 12.3. The third-order valence-electron chi connectivity index (χ3n) is 11.7. The van der Waals surface area contributed by atoms with Gasteiger partial charge in [0.1, 0.15) is 5.78 Å². The van der Waals surface area contributed by atoms with Gasteiger partial charge in [0.2, 0.25) is 0 Å². The van der Waals surface area contributed by atoms with Crippen molar-refractivity contribution in [2.75, 3.05) is 0 Å². The van der Waals surface area contributed by atoms with E-state index in [-0.39, 0.29) is 5.41 Å². The van der Waals surface area contributed by atoms with Crippen molar-refractivity contribution in [2.45, 2.75) is 124 Å². The average Bonchev–Trinajstić information content (AvgIpc) is 3.07. The van der Waals surface area contributed by atoms with Gasteiger partial charge < -0.3 is 0 Å². The van der Waals surface area contributed by atoms with E-state index in [0.29, 0.717) is 16.6 Å². The number of rotatable bonds is 3. The van der Waals surface area contributed by atoms with Crippen LogP contribution in [-0.4, -0.2) is 5.78 Å². The largest absolute Gasteiger partial charge is 0.300 e. The summed E-state index contributed by atoms with van der Waals surface area (Å²) in [5.74, 6) is 4.12. The lowest BCUT2D eigenvalue weighted by Crippen LogP contribution is -2.53. The molecule has 5 aliphatic rings. The molecule has 168 valence electrons. The van der Waals surface area contributed by atoms with Gasteiger partial charge in [-0.05, 0) is 91.3 Å². The minimum absolute atomic E-state index is 0.247. The maximum Gasteiger partial charge on any atom is 0.133 e. The molecule has 5 aliphatic carbocycles. The molecule has 0 amide bonds. The van der Waals surface area contributed by atoms with Crippen LogP contribution in [0.2, 0.25) is 0 Å². The molecule has 0 radical (unpaired) electrons. The standard InChI is InChI=1S/C29H46O/c1-20(18-21-8-6-5-7-9-21)24-10-11-25-23-13-15-27(2)19-22(30)12-17-29(27,4)26(23)14-16-28(24,25)3/h20-21,24,26H,5-19H2,1-4H3/t20-,24-,26+,27-,28-,29-/m1/s1. The van der Waals surface area contributed by atoms with E-state index in [4.69, 9.17) is 0 Å². The van der Waals surface area contributed by atoms with Gasteiger partial charge in [-0.25, -0.2) is 0 Å². The summed E-state index contributed by atoms with van der Waals surface area (Å²) in [4.78, 5) is 12.3. The van der Waals surface area contributed by atoms with Crippen LogP contribution in [0.1, 0.15) is 124 Å². The van der Waals surface area contributed by atoms with Crippen LogP contribution in [0.5, 0.6) is 0 Å². The number of hydrogen-bond donors (Lipinski definition) is 0. The number of carbonyl (C=O) groups is 1. The van der Waals surface area contributed by atoms with Crippen molar-refractivity contribution < 1.29 is 4.79 Å². The van der Waals surface area contributed by atoms with Crippen molar-refractivity contribution in [1.29, 1.82) is 0 Å². The number of allylic oxidation sites excluding steroid dienone is 2. The Labute approximate surface area is 185 Å². The van der Waals surface area contributed by atoms with Crippen molar-refractivity contribution in [3.05, 3.63) is 11.1 Å². The fourth-order valence-corrected chi connectivity index (χ4v) is 9.68. The highest BCUT2D eigenvalue weighted by Crippen LogP contribution is 2.68. The van der Waals surface area contributed by atoms with E-state index in [2.05, 4.69) is 27.7 Å². The van der Waals surface area contributed by atoms with Gasteiger partial charge >= 0.3 is 0 Å². The predicted molar refractivity (Wildman–Crippen MR) is 125 cm³/mol. The first-order valence-electron chi connectivity index (χ1n) is 13.5. The molecule has 30 heavy (non-hydrogen) atoms. The fraction of sp³-hybridized carbons (Fsp3) is 0.897. The Balaban J connectivity index is 1.40. The van der Waals surface area contributed by atoms with Crippen molar-refractivity contribution >= 4 is 5.78 Å². The third kappa shape index (κ3) is 3.11. The molecule has 0 aromatic heterocycles. The molecule has 0 aromatic rings. The molecule has 0 spiro atoms. The first-order valence-corrected chi connectivity index (χ1v) is 13.5. The first kappa shape index (κ1) is 21.3. The summed E-state index contributed by atoms with van der Waals surface area (Å²) < 4.78 is 0. The highest BCUT2D eigenvalue weighted by molar-refractivity contribution is 5.80. The lowest BCUT2D eigenvalue weighted by molar-refractivity contribution is -0.136. The van der Waals surface area contributed by atoms with E-state index >= 15 is 0 Å². The smallest absolute Gasteiger partial charge is 0.133 e. The molecule has 0 aliphatic heterocycles. The lowest BCUT2D eigenvalue weighted by Gasteiger charge is -2.61. The van der Waals surface area contributed by atoms with Crippen LogP contribution in [0, 0.1) is 39.9 Å². The summed E-state index contributed by atoms with van der Waals surface area (Å²) in [5.41, 5.74) is 4.89. The molecule has 0 saturated heterocycles. The van der Waals surface area contributed by atoms with Gasteiger partial charge in [-0.15, -0.1) is 0 Å². The summed E-state index contributed by atoms with van der Waals surface area (Å²) >= 11 is 0. The van der Waals surface area contributed by atoms with Crippen LogP contribution < -0.4 is 0 Å². The lowest BCUT2D eigenvalue weighted by atomic mass is 9.43. The highest BCUT2D eigenvalue weighted by Gasteiger charge is 2.59. The molecule has 5 rings (SSSR count). The first-order chi connectivity index (χ1) is 14.3. The Morgan fingerprint density at radius 2 is 1.67 bits per heavy atom. The average molecular weight is 411 g/mol. The van der Waals surface area contributed by atoms with Crippen molar-refractivity contribution in [3.8, 4) is 0 Å². The fourth-order valence-electron chi connectivity index (χ4n) is 9.68. The van der Waals surface area contributed by atoms with Crippen molar-refractivity contribution in [2.24, 2.45) is 39.9 Å². The van der Waals surface area contributed by atoms with Gasteiger partial charge in [-0.2, -0.15) is 0 Å². The van der Waals surface area contributed by atoms with Crippen LogP contribution >= 0.6 is 0 Å². The van der Waals surface area contributed by atoms with Crippen LogP contribution in [0.15, 0.2) is 11.1 Å². The monoisotopic (exact) mass is 410 g/mol. The van der Waals surface area contributed by atoms with Crippen LogP contribution in [-0.2, 0) is 4.79 Å². The van der Waals surface area contributed by atoms with Gasteiger partial charge in [0.25, 0.3) is 0 Å². The molecule has 0 aromatic carbocycles. The molecule has 0 N–H and O–H groups in total. The molecule has 4 fully saturated rings. The summed E-state index contributed by atoms with van der Waals surface area (Å²) in [6, 6.07) is 0. The topological polar surface area (TPSA) is 17.1 Å². The Hall–Kier alpha value is -0.590. The Morgan fingerprint density at radius 3 is 2.43 bits per heavy atom. The SMILES string of the molecule is C[C@H](CC1CCCCC1)[C@H]1CCC2=C3CC[C@]4(C)CC(=O)CC[C@]4(C)[C@H]3CC[C@@]21C. The van der Waals surface area contributed by atoms with Gasteiger partial charge in [-0.3, -0.25) is 4.79 Å². The van der Waals surface area contributed by atoms with Crippen LogP contribution in [0.25, 0.3) is 0 Å². The zero-order valence-corrected chi connectivity index (χ0v) is 20.3. The summed E-state index contributed by atoms with van der Waals surface area (Å²) in [6.07, 6.45) is 19.9. The van der Waals surface area contributed by atoms with Crippen LogP contribution in [0.4, 0.5) is 0 Å². The second kappa shape index (κ2) is 7.48. The normalized spacial score (nSPS) is 45.7. The Bertz CT molecular complexity index is 727. The van der Waals surface area contributed by atoms with E-state index < -0.39 is 0 Å². The van der Waals surface area contributed by atoms with E-state index in [9.17, 15) is 4.79 Å². The minimum Gasteiger partial charge on any atom is -0.300 e. The summed E-state index contributed by atoms with van der Waals surface area (Å²) in [7, 11) is 0. The molecule has 4 saturated carbocycles. The zero-order chi connectivity index (χ0) is 21.1. The molecule has 0 unspecified atom stereocenters. The minimum atomic E-state index is 0.247. The maximum absolute atomic E-state index is 12.3. The second-order valence-corrected chi connectivity index (χ2v) is 13.1. The van der Waals surface area contributed by atoms with E-state index in [1.165, 1.54) is 77.0 Å². The molecular formula is C29H46O. The van der Waals surface area contributed by atoms with E-state index in [1.54, 1.807) is 0 Å². The summed E-state index contributed by atoms with van der Waals surface area (Å²) in [6.45, 7) is 10.3. The van der Waals surface area contributed by atoms with Gasteiger partial charge in [0.05, 0.1) is 0 Å². The highest BCUT2D eigenvalue weighted by atomic mass is 16.1. The molecule has 0 heterocycles. The van der Waals surface area contributed by atoms with Crippen LogP contribution in [0.3, 0.4) is 0 Å². The molecular weight excluding hydrogens is 364 g/mol. The van der Waals surface area contributed by atoms with Gasteiger partial charge in [0.15, 0.2) is 0 Å².